The Kier molecular flexibility index (Phi) is 4.13. The van der Waals surface area contributed by atoms with Crippen molar-refractivity contribution in [3.05, 3.63) is 81.9 Å². The smallest absolute Gasteiger partial charge is 0.298 e. The first-order chi connectivity index (χ1) is 11.6. The fourth-order valence-electron chi connectivity index (χ4n) is 3.42. The molecule has 24 heavy (non-hydrogen) atoms. The third kappa shape index (κ3) is 2.67. The zero-order valence-electron chi connectivity index (χ0n) is 13.0. The summed E-state index contributed by atoms with van der Waals surface area (Å²) in [5.41, 5.74) is -0.288. The van der Waals surface area contributed by atoms with Crippen molar-refractivity contribution in [2.24, 2.45) is 0 Å². The Balaban J connectivity index is 2.09. The molecule has 3 rings (SSSR count). The number of hydrogen-bond donors (Lipinski definition) is 0. The van der Waals surface area contributed by atoms with Crippen molar-refractivity contribution in [1.29, 1.82) is 5.26 Å². The number of hydrogen-bond acceptors (Lipinski definition) is 4. The van der Waals surface area contributed by atoms with E-state index in [1.54, 1.807) is 48.5 Å². The molecule has 0 aromatic heterocycles. The number of Topliss-reactive ketones (excluding diaryl/α,β-unsaturated/α-hetero) is 1. The number of nitrogens with zero attached hydrogens (tertiary/aromatic N) is 2. The van der Waals surface area contributed by atoms with Gasteiger partial charge in [-0.2, -0.15) is 5.26 Å². The van der Waals surface area contributed by atoms with Crippen molar-refractivity contribution in [2.45, 2.75) is 30.2 Å². The molecule has 1 fully saturated rings. The minimum absolute atomic E-state index is 0.0554. The van der Waals surface area contributed by atoms with E-state index in [9.17, 15) is 20.2 Å². The van der Waals surface area contributed by atoms with E-state index in [4.69, 9.17) is 0 Å². The van der Waals surface area contributed by atoms with Gasteiger partial charge in [-0.1, -0.05) is 60.7 Å². The Labute approximate surface area is 139 Å². The summed E-state index contributed by atoms with van der Waals surface area (Å²) >= 11 is 0. The lowest BCUT2D eigenvalue weighted by molar-refractivity contribution is -0.556. The molecule has 0 bridgehead atoms. The van der Waals surface area contributed by atoms with Gasteiger partial charge < -0.3 is 0 Å². The maximum absolute atomic E-state index is 13.0. The zero-order chi connectivity index (χ0) is 17.2. The van der Waals surface area contributed by atoms with Gasteiger partial charge in [-0.15, -0.1) is 0 Å². The summed E-state index contributed by atoms with van der Waals surface area (Å²) in [7, 11) is 0. The van der Waals surface area contributed by atoms with Crippen LogP contribution in [0.1, 0.15) is 35.8 Å². The summed E-state index contributed by atoms with van der Waals surface area (Å²) in [6, 6.07) is 19.9. The van der Waals surface area contributed by atoms with Crippen LogP contribution in [0.25, 0.3) is 0 Å². The van der Waals surface area contributed by atoms with Crippen LogP contribution in [0.15, 0.2) is 60.7 Å². The van der Waals surface area contributed by atoms with Crippen molar-refractivity contribution in [2.75, 3.05) is 0 Å². The minimum atomic E-state index is -1.74. The zero-order valence-corrected chi connectivity index (χ0v) is 13.0. The summed E-state index contributed by atoms with van der Waals surface area (Å²) in [6.45, 7) is 0. The van der Waals surface area contributed by atoms with Crippen LogP contribution in [0.4, 0.5) is 0 Å². The third-order valence-corrected chi connectivity index (χ3v) is 4.73. The largest absolute Gasteiger partial charge is 0.307 e. The van der Waals surface area contributed by atoms with Gasteiger partial charge in [0.25, 0.3) is 0 Å². The minimum Gasteiger partial charge on any atom is -0.298 e. The Morgan fingerprint density at radius 1 is 0.958 bits per heavy atom. The predicted molar refractivity (Wildman–Crippen MR) is 87.9 cm³/mol. The summed E-state index contributed by atoms with van der Waals surface area (Å²) in [5.74, 6) is -1.34. The molecule has 1 aliphatic rings. The average Bonchev–Trinajstić information content (AvgIpc) is 2.63. The second kappa shape index (κ2) is 6.25. The fourth-order valence-corrected chi connectivity index (χ4v) is 3.42. The number of carbonyl (C=O) groups excluding carboxylic acids is 1. The maximum Gasteiger partial charge on any atom is 0.307 e. The quantitative estimate of drug-likeness (QED) is 0.640. The van der Waals surface area contributed by atoms with Crippen molar-refractivity contribution < 1.29 is 9.72 Å². The number of nitro groups is 1. The second-order valence-corrected chi connectivity index (χ2v) is 6.14. The first-order valence-electron chi connectivity index (χ1n) is 7.77. The maximum atomic E-state index is 13.0. The van der Waals surface area contributed by atoms with E-state index in [0.717, 1.165) is 11.1 Å². The van der Waals surface area contributed by atoms with E-state index >= 15 is 0 Å². The molecule has 0 N–H and O–H groups in total. The van der Waals surface area contributed by atoms with Crippen LogP contribution in [0.3, 0.4) is 0 Å². The molecule has 0 aliphatic heterocycles. The highest BCUT2D eigenvalue weighted by Crippen LogP contribution is 2.44. The topological polar surface area (TPSA) is 84.0 Å². The molecule has 0 amide bonds. The Morgan fingerprint density at radius 2 is 1.38 bits per heavy atom. The van der Waals surface area contributed by atoms with Gasteiger partial charge in [0.05, 0.1) is 11.8 Å². The van der Waals surface area contributed by atoms with Gasteiger partial charge in [0, 0.05) is 17.8 Å². The predicted octanol–water partition coefficient (Wildman–Crippen LogP) is 3.46. The van der Waals surface area contributed by atoms with Crippen molar-refractivity contribution in [3.63, 3.8) is 0 Å². The number of rotatable bonds is 3. The van der Waals surface area contributed by atoms with Crippen molar-refractivity contribution in [1.82, 2.24) is 0 Å². The van der Waals surface area contributed by atoms with E-state index in [0.29, 0.717) is 0 Å². The molecule has 0 radical (unpaired) electrons. The van der Waals surface area contributed by atoms with Crippen molar-refractivity contribution >= 4 is 5.78 Å². The molecule has 1 aliphatic carbocycles. The van der Waals surface area contributed by atoms with Crippen molar-refractivity contribution in [3.8, 4) is 6.07 Å². The van der Waals surface area contributed by atoms with Gasteiger partial charge in [-0.3, -0.25) is 14.9 Å². The second-order valence-electron chi connectivity index (χ2n) is 6.14. The monoisotopic (exact) mass is 320 g/mol. The molecule has 1 saturated carbocycles. The SMILES string of the molecule is N#CC1([N+](=O)[O-])C[C@H](c2ccccc2)C(=O)[C@@H](c2ccccc2)C1. The van der Waals surface area contributed by atoms with Gasteiger partial charge in [-0.25, -0.2) is 0 Å². The van der Waals surface area contributed by atoms with Crippen LogP contribution < -0.4 is 0 Å². The van der Waals surface area contributed by atoms with Crippen LogP contribution in [0.5, 0.6) is 0 Å². The summed E-state index contributed by atoms with van der Waals surface area (Å²) in [4.78, 5) is 24.1. The van der Waals surface area contributed by atoms with E-state index in [-0.39, 0.29) is 18.6 Å². The van der Waals surface area contributed by atoms with Crippen LogP contribution in [0.2, 0.25) is 0 Å². The highest BCUT2D eigenvalue weighted by molar-refractivity contribution is 5.93. The Morgan fingerprint density at radius 3 is 1.71 bits per heavy atom. The molecule has 0 saturated heterocycles. The summed E-state index contributed by atoms with van der Waals surface area (Å²) in [5, 5.41) is 21.2. The normalized spacial score (nSPS) is 26.5. The Hall–Kier alpha value is -3.00. The van der Waals surface area contributed by atoms with E-state index < -0.39 is 22.3 Å². The molecule has 5 heteroatoms. The van der Waals surface area contributed by atoms with Crippen LogP contribution in [-0.2, 0) is 4.79 Å². The lowest BCUT2D eigenvalue weighted by Crippen LogP contribution is -2.47. The van der Waals surface area contributed by atoms with E-state index in [1.165, 1.54) is 0 Å². The number of nitriles is 1. The van der Waals surface area contributed by atoms with Gasteiger partial charge in [0.2, 0.25) is 0 Å². The van der Waals surface area contributed by atoms with E-state index in [1.807, 2.05) is 18.2 Å². The van der Waals surface area contributed by atoms with Gasteiger partial charge in [-0.05, 0) is 11.1 Å². The number of ketones is 1. The molecule has 0 heterocycles. The molecule has 2 atom stereocenters. The molecular formula is C19H16N2O3. The van der Waals surface area contributed by atoms with Crippen LogP contribution in [0, 0.1) is 21.4 Å². The van der Waals surface area contributed by atoms with Gasteiger partial charge in [0.1, 0.15) is 11.9 Å². The summed E-state index contributed by atoms with van der Waals surface area (Å²) in [6.07, 6.45) is -0.161. The third-order valence-electron chi connectivity index (χ3n) is 4.73. The van der Waals surface area contributed by atoms with Crippen LogP contribution >= 0.6 is 0 Å². The number of carbonyl (C=O) groups is 1. The van der Waals surface area contributed by atoms with Gasteiger partial charge >= 0.3 is 5.54 Å². The average molecular weight is 320 g/mol. The fraction of sp³-hybridized carbons (Fsp3) is 0.263. The molecule has 2 aromatic carbocycles. The molecular weight excluding hydrogens is 304 g/mol. The first-order valence-corrected chi connectivity index (χ1v) is 7.77. The Bertz CT molecular complexity index is 745. The lowest BCUT2D eigenvalue weighted by Gasteiger charge is -2.34. The lowest BCUT2D eigenvalue weighted by atomic mass is 9.66. The van der Waals surface area contributed by atoms with Crippen LogP contribution in [-0.4, -0.2) is 16.2 Å². The molecule has 0 unspecified atom stereocenters. The standard InChI is InChI=1S/C19H16N2O3/c20-13-19(21(23)24)11-16(14-7-3-1-4-8-14)18(22)17(12-19)15-9-5-2-6-10-15/h1-10,16-17H,11-12H2/t16-,17-/m1/s1. The van der Waals surface area contributed by atoms with Gasteiger partial charge in [0.15, 0.2) is 0 Å². The molecule has 120 valence electrons. The molecule has 0 spiro atoms. The molecule has 2 aromatic rings. The summed E-state index contributed by atoms with van der Waals surface area (Å²) < 4.78 is 0. The highest BCUT2D eigenvalue weighted by atomic mass is 16.6. The molecule has 5 nitrogen and oxygen atoms in total. The highest BCUT2D eigenvalue weighted by Gasteiger charge is 2.55. The number of benzene rings is 2. The van der Waals surface area contributed by atoms with E-state index in [2.05, 4.69) is 0 Å². The first kappa shape index (κ1) is 15.9.